The van der Waals surface area contributed by atoms with E-state index in [1.54, 1.807) is 20.3 Å². The van der Waals surface area contributed by atoms with Crippen LogP contribution in [0, 0.1) is 11.3 Å². The van der Waals surface area contributed by atoms with Gasteiger partial charge in [0.25, 0.3) is 0 Å². The molecule has 1 aromatic rings. The van der Waals surface area contributed by atoms with Crippen LogP contribution in [0.4, 0.5) is 0 Å². The molecule has 0 bridgehead atoms. The van der Waals surface area contributed by atoms with Gasteiger partial charge in [-0.15, -0.1) is 0 Å². The number of aliphatic hydroxyl groups excluding tert-OH is 1. The van der Waals surface area contributed by atoms with Gasteiger partial charge in [-0.3, -0.25) is 9.69 Å². The molecule has 6 nitrogen and oxygen atoms in total. The normalized spacial score (nSPS) is 23.4. The van der Waals surface area contributed by atoms with Gasteiger partial charge in [0, 0.05) is 36.3 Å². The zero-order valence-electron chi connectivity index (χ0n) is 16.5. The maximum absolute atomic E-state index is 12.1. The molecule has 0 spiro atoms. The van der Waals surface area contributed by atoms with Crippen molar-refractivity contribution >= 4 is 17.6 Å². The highest BCUT2D eigenvalue weighted by Gasteiger charge is 2.48. The molecule has 0 amide bonds. The summed E-state index contributed by atoms with van der Waals surface area (Å²) in [6.07, 6.45) is 0.782. The number of nitrogens with zero attached hydrogens (tertiary/aromatic N) is 1. The van der Waals surface area contributed by atoms with Crippen LogP contribution in [0.25, 0.3) is 0 Å². The second-order valence-corrected chi connectivity index (χ2v) is 8.15. The van der Waals surface area contributed by atoms with Gasteiger partial charge in [0.15, 0.2) is 11.5 Å². The Hall–Kier alpha value is -1.50. The fourth-order valence-corrected chi connectivity index (χ4v) is 4.00. The van der Waals surface area contributed by atoms with E-state index in [9.17, 15) is 15.0 Å². The van der Waals surface area contributed by atoms with Crippen LogP contribution in [0.1, 0.15) is 38.7 Å². The van der Waals surface area contributed by atoms with E-state index in [1.807, 2.05) is 6.07 Å². The van der Waals surface area contributed by atoms with Gasteiger partial charge < -0.3 is 19.7 Å². The highest BCUT2D eigenvalue weighted by atomic mass is 35.5. The molecule has 1 fully saturated rings. The fraction of sp³-hybridized carbons (Fsp3) is 0.650. The minimum absolute atomic E-state index is 0.286. The van der Waals surface area contributed by atoms with Crippen LogP contribution in [-0.2, 0) is 11.3 Å². The van der Waals surface area contributed by atoms with Crippen LogP contribution in [0.5, 0.6) is 11.5 Å². The average molecular weight is 400 g/mol. The van der Waals surface area contributed by atoms with Crippen molar-refractivity contribution in [2.24, 2.45) is 11.3 Å². The molecule has 0 aliphatic carbocycles. The molecule has 27 heavy (non-hydrogen) atoms. The topological polar surface area (TPSA) is 79.2 Å². The van der Waals surface area contributed by atoms with Crippen molar-refractivity contribution in [1.82, 2.24) is 4.90 Å². The van der Waals surface area contributed by atoms with Gasteiger partial charge in [-0.2, -0.15) is 0 Å². The molecule has 0 radical (unpaired) electrons. The van der Waals surface area contributed by atoms with E-state index in [2.05, 4.69) is 18.7 Å². The van der Waals surface area contributed by atoms with Crippen LogP contribution in [0.15, 0.2) is 12.1 Å². The van der Waals surface area contributed by atoms with Crippen molar-refractivity contribution in [3.05, 3.63) is 22.7 Å². The standard InChI is InChI=1S/C20H30ClNO5/c1-13(2)5-7-20(19(24)25)12-22(8-6-17(20)23)11-14-9-15(21)10-16(26-3)18(14)27-4/h9-10,13,17,23H,5-8,11-12H2,1-4H3,(H,24,25)/t17-,20-/m1/s1. The molecule has 152 valence electrons. The summed E-state index contributed by atoms with van der Waals surface area (Å²) in [5, 5.41) is 21.0. The minimum atomic E-state index is -1.15. The summed E-state index contributed by atoms with van der Waals surface area (Å²) in [7, 11) is 3.12. The maximum atomic E-state index is 12.1. The highest BCUT2D eigenvalue weighted by molar-refractivity contribution is 6.30. The zero-order valence-corrected chi connectivity index (χ0v) is 17.3. The van der Waals surface area contributed by atoms with Crippen molar-refractivity contribution in [3.63, 3.8) is 0 Å². The fourth-order valence-electron chi connectivity index (χ4n) is 3.77. The molecule has 1 saturated heterocycles. The summed E-state index contributed by atoms with van der Waals surface area (Å²) in [5.41, 5.74) is -0.320. The number of benzene rings is 1. The van der Waals surface area contributed by atoms with Crippen molar-refractivity contribution in [2.75, 3.05) is 27.3 Å². The summed E-state index contributed by atoms with van der Waals surface area (Å²) in [6, 6.07) is 3.50. The Morgan fingerprint density at radius 3 is 2.63 bits per heavy atom. The SMILES string of the molecule is COc1cc(Cl)cc(CN2CC[C@@H](O)[C@](CCC(C)C)(C(=O)O)C2)c1OC. The predicted octanol–water partition coefficient (Wildman–Crippen LogP) is 3.43. The third-order valence-electron chi connectivity index (χ3n) is 5.37. The lowest BCUT2D eigenvalue weighted by Crippen LogP contribution is -2.55. The molecule has 1 aliphatic heterocycles. The Kier molecular flexibility index (Phi) is 7.37. The molecule has 2 atom stereocenters. The molecule has 0 unspecified atom stereocenters. The number of carboxylic acid groups (broad SMARTS) is 1. The summed E-state index contributed by atoms with van der Waals surface area (Å²) < 4.78 is 10.8. The van der Waals surface area contributed by atoms with Crippen LogP contribution < -0.4 is 9.47 Å². The van der Waals surface area contributed by atoms with Crippen LogP contribution in [0.2, 0.25) is 5.02 Å². The summed E-state index contributed by atoms with van der Waals surface area (Å²) >= 11 is 6.20. The van der Waals surface area contributed by atoms with E-state index in [-0.39, 0.29) is 6.54 Å². The van der Waals surface area contributed by atoms with Gasteiger partial charge in [-0.25, -0.2) is 0 Å². The molecule has 7 heteroatoms. The lowest BCUT2D eigenvalue weighted by atomic mass is 9.72. The van der Waals surface area contributed by atoms with Crippen molar-refractivity contribution in [3.8, 4) is 11.5 Å². The number of hydrogen-bond acceptors (Lipinski definition) is 5. The molecule has 1 aliphatic rings. The molecule has 0 saturated carbocycles. The Balaban J connectivity index is 2.27. The number of ether oxygens (including phenoxy) is 2. The molecule has 1 aromatic carbocycles. The second-order valence-electron chi connectivity index (χ2n) is 7.71. The number of carbonyl (C=O) groups is 1. The maximum Gasteiger partial charge on any atom is 0.313 e. The van der Waals surface area contributed by atoms with E-state index < -0.39 is 17.5 Å². The number of likely N-dealkylation sites (tertiary alicyclic amines) is 1. The number of rotatable bonds is 8. The van der Waals surface area contributed by atoms with E-state index in [4.69, 9.17) is 21.1 Å². The monoisotopic (exact) mass is 399 g/mol. The molecule has 1 heterocycles. The van der Waals surface area contributed by atoms with Gasteiger partial charge in [0.2, 0.25) is 0 Å². The van der Waals surface area contributed by atoms with Crippen LogP contribution in [-0.4, -0.2) is 54.5 Å². The third kappa shape index (κ3) is 4.86. The summed E-state index contributed by atoms with van der Waals surface area (Å²) in [4.78, 5) is 14.2. The van der Waals surface area contributed by atoms with Crippen LogP contribution >= 0.6 is 11.6 Å². The van der Waals surface area contributed by atoms with Gasteiger partial charge in [0.05, 0.1) is 20.3 Å². The summed E-state index contributed by atoms with van der Waals surface area (Å²) in [5.74, 6) is 0.578. The first-order chi connectivity index (χ1) is 12.7. The smallest absolute Gasteiger partial charge is 0.313 e. The van der Waals surface area contributed by atoms with Gasteiger partial charge >= 0.3 is 5.97 Å². The minimum Gasteiger partial charge on any atom is -0.493 e. The molecule has 0 aromatic heterocycles. The van der Waals surface area contributed by atoms with E-state index >= 15 is 0 Å². The van der Waals surface area contributed by atoms with Crippen LogP contribution in [0.3, 0.4) is 0 Å². The Labute approximate surface area is 166 Å². The third-order valence-corrected chi connectivity index (χ3v) is 5.59. The lowest BCUT2D eigenvalue weighted by Gasteiger charge is -2.44. The molecular weight excluding hydrogens is 370 g/mol. The first-order valence-electron chi connectivity index (χ1n) is 9.27. The number of piperidine rings is 1. The van der Waals surface area contributed by atoms with Gasteiger partial charge in [0.1, 0.15) is 5.41 Å². The molecule has 2 N–H and O–H groups in total. The first-order valence-corrected chi connectivity index (χ1v) is 9.65. The number of carboxylic acids is 1. The second kappa shape index (κ2) is 9.13. The zero-order chi connectivity index (χ0) is 20.2. The Bertz CT molecular complexity index is 666. The van der Waals surface area contributed by atoms with E-state index in [0.29, 0.717) is 48.4 Å². The van der Waals surface area contributed by atoms with E-state index in [1.165, 1.54) is 0 Å². The number of aliphatic carboxylic acids is 1. The largest absolute Gasteiger partial charge is 0.493 e. The number of halogens is 1. The predicted molar refractivity (Wildman–Crippen MR) is 105 cm³/mol. The average Bonchev–Trinajstić information content (AvgIpc) is 2.61. The Morgan fingerprint density at radius 1 is 1.37 bits per heavy atom. The molecule has 2 rings (SSSR count). The number of aliphatic hydroxyl groups is 1. The quantitative estimate of drug-likeness (QED) is 0.697. The van der Waals surface area contributed by atoms with Crippen molar-refractivity contribution in [1.29, 1.82) is 0 Å². The number of hydrogen-bond donors (Lipinski definition) is 2. The lowest BCUT2D eigenvalue weighted by molar-refractivity contribution is -0.165. The van der Waals surface area contributed by atoms with E-state index in [0.717, 1.165) is 12.0 Å². The van der Waals surface area contributed by atoms with Crippen molar-refractivity contribution < 1.29 is 24.5 Å². The van der Waals surface area contributed by atoms with Gasteiger partial charge in [-0.1, -0.05) is 25.4 Å². The van der Waals surface area contributed by atoms with Gasteiger partial charge in [-0.05, 0) is 31.2 Å². The molecular formula is C20H30ClNO5. The first kappa shape index (κ1) is 21.8. The summed E-state index contributed by atoms with van der Waals surface area (Å²) in [6.45, 7) is 5.49. The highest BCUT2D eigenvalue weighted by Crippen LogP contribution is 2.39. The Morgan fingerprint density at radius 2 is 2.07 bits per heavy atom. The number of methoxy groups -OCH3 is 2. The van der Waals surface area contributed by atoms with Crippen molar-refractivity contribution in [2.45, 2.75) is 45.8 Å².